The molecule has 0 fully saturated rings. The van der Waals surface area contributed by atoms with Crippen molar-refractivity contribution < 1.29 is 22.9 Å². The molecule has 2 N–H and O–H groups in total. The Morgan fingerprint density at radius 3 is 2.13 bits per heavy atom. The van der Waals surface area contributed by atoms with E-state index in [1.54, 1.807) is 19.1 Å². The second-order valence-electron chi connectivity index (χ2n) is 3.10. The Morgan fingerprint density at radius 2 is 1.73 bits per heavy atom. The summed E-state index contributed by atoms with van der Waals surface area (Å²) in [5.74, 6) is -1.04. The minimum absolute atomic E-state index is 0.0331. The third kappa shape index (κ3) is 2.85. The highest BCUT2D eigenvalue weighted by Crippen LogP contribution is 2.09. The lowest BCUT2D eigenvalue weighted by atomic mass is 10.1. The molecule has 0 radical (unpaired) electrons. The van der Waals surface area contributed by atoms with Gasteiger partial charge in [-0.1, -0.05) is 29.8 Å². The second-order valence-corrected chi connectivity index (χ2v) is 4.57. The van der Waals surface area contributed by atoms with Crippen LogP contribution in [-0.2, 0) is 10.1 Å². The molecule has 82 valence electrons. The number of aliphatic hydroxyl groups is 1. The normalized spacial score (nSPS) is 13.5. The third-order valence-corrected chi connectivity index (χ3v) is 2.62. The topological polar surface area (TPSA) is 91.7 Å². The smallest absolute Gasteiger partial charge is 0.299 e. The first-order valence-electron chi connectivity index (χ1n) is 4.07. The molecule has 0 aromatic heterocycles. The first kappa shape index (κ1) is 11.8. The molecule has 6 heteroatoms. The average Bonchev–Trinajstić information content (AvgIpc) is 2.15. The van der Waals surface area contributed by atoms with Gasteiger partial charge in [0, 0.05) is 5.56 Å². The Bertz CT molecular complexity index is 460. The van der Waals surface area contributed by atoms with Gasteiger partial charge >= 0.3 is 0 Å². The summed E-state index contributed by atoms with van der Waals surface area (Å²) in [7, 11) is -4.75. The third-order valence-electron chi connectivity index (χ3n) is 1.84. The summed E-state index contributed by atoms with van der Waals surface area (Å²) >= 11 is 0. The Kier molecular flexibility index (Phi) is 3.23. The molecule has 0 aliphatic carbocycles. The maximum atomic E-state index is 11.3. The van der Waals surface area contributed by atoms with E-state index in [0.29, 0.717) is 0 Å². The fraction of sp³-hybridized carbons (Fsp3) is 0.222. The highest BCUT2D eigenvalue weighted by Gasteiger charge is 2.28. The van der Waals surface area contributed by atoms with E-state index in [2.05, 4.69) is 0 Å². The number of aliphatic hydroxyl groups excluding tert-OH is 1. The SMILES string of the molecule is Cc1ccc(C(=O)C(O)S(=O)(=O)O)cc1. The predicted molar refractivity (Wildman–Crippen MR) is 53.1 cm³/mol. The molecule has 1 aromatic rings. The van der Waals surface area contributed by atoms with Gasteiger partial charge in [0.2, 0.25) is 11.2 Å². The molecule has 0 bridgehead atoms. The van der Waals surface area contributed by atoms with E-state index in [-0.39, 0.29) is 5.56 Å². The van der Waals surface area contributed by atoms with Gasteiger partial charge in [-0.3, -0.25) is 9.35 Å². The summed E-state index contributed by atoms with van der Waals surface area (Å²) in [4.78, 5) is 11.3. The first-order valence-corrected chi connectivity index (χ1v) is 5.58. The number of carbonyl (C=O) groups is 1. The number of carbonyl (C=O) groups excluding carboxylic acids is 1. The molecule has 0 aliphatic rings. The van der Waals surface area contributed by atoms with Crippen molar-refractivity contribution in [1.82, 2.24) is 0 Å². The fourth-order valence-corrected chi connectivity index (χ4v) is 1.40. The maximum Gasteiger partial charge on any atom is 0.299 e. The molecular formula is C9H10O5S. The van der Waals surface area contributed by atoms with Crippen LogP contribution < -0.4 is 0 Å². The highest BCUT2D eigenvalue weighted by molar-refractivity contribution is 7.87. The second kappa shape index (κ2) is 4.09. The molecule has 0 saturated carbocycles. The Labute approximate surface area is 87.1 Å². The average molecular weight is 230 g/mol. The first-order chi connectivity index (χ1) is 6.82. The fourth-order valence-electron chi connectivity index (χ4n) is 0.996. The Morgan fingerprint density at radius 1 is 1.27 bits per heavy atom. The quantitative estimate of drug-likeness (QED) is 0.578. The standard InChI is InChI=1S/C9H10O5S/c1-6-2-4-7(5-3-6)8(10)9(11)15(12,13)14/h2-5,9,11H,1H3,(H,12,13,14). The zero-order chi connectivity index (χ0) is 11.6. The number of hydrogen-bond acceptors (Lipinski definition) is 4. The van der Waals surface area contributed by atoms with Gasteiger partial charge in [-0.15, -0.1) is 0 Å². The number of Topliss-reactive ketones (excluding diaryl/α,β-unsaturated/α-hetero) is 1. The molecule has 1 aromatic carbocycles. The van der Waals surface area contributed by atoms with E-state index in [1.165, 1.54) is 12.1 Å². The molecule has 0 saturated heterocycles. The molecule has 1 unspecified atom stereocenters. The summed E-state index contributed by atoms with van der Waals surface area (Å²) in [5.41, 5.74) is -1.49. The van der Waals surface area contributed by atoms with Gasteiger partial charge in [0.1, 0.15) is 0 Å². The van der Waals surface area contributed by atoms with E-state index in [9.17, 15) is 13.2 Å². The molecular weight excluding hydrogens is 220 g/mol. The lowest BCUT2D eigenvalue weighted by Crippen LogP contribution is -2.29. The number of hydrogen-bond donors (Lipinski definition) is 2. The van der Waals surface area contributed by atoms with Crippen LogP contribution in [0.15, 0.2) is 24.3 Å². The molecule has 1 atom stereocenters. The van der Waals surface area contributed by atoms with Crippen molar-refractivity contribution in [2.45, 2.75) is 12.4 Å². The number of ketones is 1. The molecule has 0 aliphatic heterocycles. The van der Waals surface area contributed by atoms with E-state index in [0.717, 1.165) is 5.56 Å². The van der Waals surface area contributed by atoms with E-state index in [1.807, 2.05) is 0 Å². The monoisotopic (exact) mass is 230 g/mol. The Hall–Kier alpha value is -1.24. The van der Waals surface area contributed by atoms with Crippen molar-refractivity contribution in [2.24, 2.45) is 0 Å². The molecule has 1 rings (SSSR count). The highest BCUT2D eigenvalue weighted by atomic mass is 32.2. The van der Waals surface area contributed by atoms with E-state index in [4.69, 9.17) is 9.66 Å². The molecule has 5 nitrogen and oxygen atoms in total. The molecule has 0 amide bonds. The van der Waals surface area contributed by atoms with Gasteiger partial charge in [0.05, 0.1) is 0 Å². The molecule has 0 heterocycles. The minimum atomic E-state index is -4.75. The number of aryl methyl sites for hydroxylation is 1. The molecule has 15 heavy (non-hydrogen) atoms. The van der Waals surface area contributed by atoms with Crippen LogP contribution in [0.2, 0.25) is 0 Å². The van der Waals surface area contributed by atoms with Crippen LogP contribution in [0.4, 0.5) is 0 Å². The van der Waals surface area contributed by atoms with Crippen molar-refractivity contribution in [3.8, 4) is 0 Å². The minimum Gasteiger partial charge on any atom is -0.369 e. The van der Waals surface area contributed by atoms with Crippen molar-refractivity contribution in [3.63, 3.8) is 0 Å². The van der Waals surface area contributed by atoms with Crippen molar-refractivity contribution in [1.29, 1.82) is 0 Å². The van der Waals surface area contributed by atoms with Gasteiger partial charge in [0.15, 0.2) is 0 Å². The lowest BCUT2D eigenvalue weighted by molar-refractivity contribution is 0.0848. The Balaban J connectivity index is 3.01. The molecule has 0 spiro atoms. The van der Waals surface area contributed by atoms with Crippen molar-refractivity contribution >= 4 is 15.9 Å². The largest absolute Gasteiger partial charge is 0.369 e. The lowest BCUT2D eigenvalue weighted by Gasteiger charge is -2.06. The maximum absolute atomic E-state index is 11.3. The summed E-state index contributed by atoms with van der Waals surface area (Å²) in [6.07, 6.45) is 0. The van der Waals surface area contributed by atoms with Crippen molar-refractivity contribution in [2.75, 3.05) is 0 Å². The number of benzene rings is 1. The van der Waals surface area contributed by atoms with Gasteiger partial charge in [-0.05, 0) is 6.92 Å². The van der Waals surface area contributed by atoms with Crippen LogP contribution >= 0.6 is 0 Å². The van der Waals surface area contributed by atoms with Crippen LogP contribution in [0.5, 0.6) is 0 Å². The van der Waals surface area contributed by atoms with Crippen LogP contribution in [-0.4, -0.2) is 29.3 Å². The van der Waals surface area contributed by atoms with Gasteiger partial charge in [-0.25, -0.2) is 0 Å². The van der Waals surface area contributed by atoms with Crippen molar-refractivity contribution in [3.05, 3.63) is 35.4 Å². The summed E-state index contributed by atoms with van der Waals surface area (Å²) < 4.78 is 29.5. The van der Waals surface area contributed by atoms with E-state index >= 15 is 0 Å². The van der Waals surface area contributed by atoms with Crippen LogP contribution in [0, 0.1) is 6.92 Å². The number of rotatable bonds is 3. The van der Waals surface area contributed by atoms with E-state index < -0.39 is 21.3 Å². The van der Waals surface area contributed by atoms with Gasteiger partial charge in [-0.2, -0.15) is 8.42 Å². The van der Waals surface area contributed by atoms with Gasteiger partial charge < -0.3 is 5.11 Å². The summed E-state index contributed by atoms with van der Waals surface area (Å²) in [6.45, 7) is 1.80. The van der Waals surface area contributed by atoms with Crippen LogP contribution in [0.25, 0.3) is 0 Å². The zero-order valence-corrected chi connectivity index (χ0v) is 8.73. The zero-order valence-electron chi connectivity index (χ0n) is 7.91. The van der Waals surface area contributed by atoms with Crippen LogP contribution in [0.3, 0.4) is 0 Å². The summed E-state index contributed by atoms with van der Waals surface area (Å²) in [6, 6.07) is 5.96. The predicted octanol–water partition coefficient (Wildman–Crippen LogP) is 0.384. The van der Waals surface area contributed by atoms with Gasteiger partial charge in [0.25, 0.3) is 10.1 Å². The van der Waals surface area contributed by atoms with Crippen LogP contribution in [0.1, 0.15) is 15.9 Å². The summed E-state index contributed by atoms with van der Waals surface area (Å²) in [5, 5.41) is 8.99.